The summed E-state index contributed by atoms with van der Waals surface area (Å²) < 4.78 is 5.45. The van der Waals surface area contributed by atoms with Crippen LogP contribution in [0.2, 0.25) is 0 Å². The zero-order chi connectivity index (χ0) is 18.8. The molecule has 1 heterocycles. The zero-order valence-corrected chi connectivity index (χ0v) is 14.5. The Labute approximate surface area is 155 Å². The van der Waals surface area contributed by atoms with Gasteiger partial charge < -0.3 is 4.74 Å². The molecule has 0 aliphatic heterocycles. The van der Waals surface area contributed by atoms with Crippen molar-refractivity contribution in [3.63, 3.8) is 0 Å². The highest BCUT2D eigenvalue weighted by molar-refractivity contribution is 5.88. The van der Waals surface area contributed by atoms with Crippen molar-refractivity contribution in [3.05, 3.63) is 82.9 Å². The van der Waals surface area contributed by atoms with E-state index in [-0.39, 0.29) is 5.69 Å². The van der Waals surface area contributed by atoms with Crippen LogP contribution in [0.4, 0.5) is 5.69 Å². The molecule has 0 aliphatic rings. The average Bonchev–Trinajstić information content (AvgIpc) is 2.73. The Bertz CT molecular complexity index is 1140. The molecular weight excluding hydrogens is 342 g/mol. The molecular formula is C21H15N3O3. The van der Waals surface area contributed by atoms with E-state index in [2.05, 4.69) is 0 Å². The second kappa shape index (κ2) is 6.84. The highest BCUT2D eigenvalue weighted by Crippen LogP contribution is 2.38. The SMILES string of the molecule is COc1ccc([N+](=O)[O-])cc1-c1nc2ccccc2nc1-c1ccccc1. The molecule has 27 heavy (non-hydrogen) atoms. The van der Waals surface area contributed by atoms with Gasteiger partial charge in [-0.1, -0.05) is 42.5 Å². The number of benzene rings is 3. The summed E-state index contributed by atoms with van der Waals surface area (Å²) in [5.74, 6) is 0.502. The summed E-state index contributed by atoms with van der Waals surface area (Å²) in [6, 6.07) is 21.6. The molecule has 6 nitrogen and oxygen atoms in total. The highest BCUT2D eigenvalue weighted by Gasteiger charge is 2.19. The molecule has 0 bridgehead atoms. The molecule has 0 aliphatic carbocycles. The van der Waals surface area contributed by atoms with Crippen molar-refractivity contribution >= 4 is 16.7 Å². The van der Waals surface area contributed by atoms with Crippen molar-refractivity contribution < 1.29 is 9.66 Å². The Kier molecular flexibility index (Phi) is 4.22. The number of rotatable bonds is 4. The average molecular weight is 357 g/mol. The number of nitro groups is 1. The van der Waals surface area contributed by atoms with Crippen molar-refractivity contribution in [2.45, 2.75) is 0 Å². The number of ether oxygens (including phenoxy) is 1. The lowest BCUT2D eigenvalue weighted by Crippen LogP contribution is -1.98. The lowest BCUT2D eigenvalue weighted by Gasteiger charge is -2.13. The number of hydrogen-bond acceptors (Lipinski definition) is 5. The molecule has 0 saturated carbocycles. The third-order valence-corrected chi connectivity index (χ3v) is 4.27. The minimum absolute atomic E-state index is 0.0280. The normalized spacial score (nSPS) is 10.7. The lowest BCUT2D eigenvalue weighted by molar-refractivity contribution is -0.384. The number of methoxy groups -OCH3 is 1. The van der Waals surface area contributed by atoms with Crippen molar-refractivity contribution in [3.8, 4) is 28.3 Å². The largest absolute Gasteiger partial charge is 0.496 e. The van der Waals surface area contributed by atoms with E-state index in [0.717, 1.165) is 11.1 Å². The van der Waals surface area contributed by atoms with Gasteiger partial charge in [0.1, 0.15) is 11.4 Å². The van der Waals surface area contributed by atoms with Crippen LogP contribution in [0.1, 0.15) is 0 Å². The summed E-state index contributed by atoms with van der Waals surface area (Å²) in [5, 5.41) is 11.3. The van der Waals surface area contributed by atoms with Gasteiger partial charge in [0.15, 0.2) is 0 Å². The fraction of sp³-hybridized carbons (Fsp3) is 0.0476. The predicted octanol–water partition coefficient (Wildman–Crippen LogP) is 4.88. The van der Waals surface area contributed by atoms with E-state index in [0.29, 0.717) is 28.2 Å². The van der Waals surface area contributed by atoms with E-state index < -0.39 is 4.92 Å². The minimum Gasteiger partial charge on any atom is -0.496 e. The number of nitro benzene ring substituents is 1. The van der Waals surface area contributed by atoms with Gasteiger partial charge in [-0.2, -0.15) is 0 Å². The fourth-order valence-corrected chi connectivity index (χ4v) is 2.98. The summed E-state index contributed by atoms with van der Waals surface area (Å²) in [5.41, 5.74) is 4.03. The van der Waals surface area contributed by atoms with Crippen molar-refractivity contribution in [1.29, 1.82) is 0 Å². The van der Waals surface area contributed by atoms with Gasteiger partial charge in [0.05, 0.1) is 34.3 Å². The standard InChI is InChI=1S/C21H15N3O3/c1-27-19-12-11-15(24(25)26)13-16(19)21-20(14-7-3-2-4-8-14)22-17-9-5-6-10-18(17)23-21/h2-13H,1H3. The number of aromatic nitrogens is 2. The first-order valence-corrected chi connectivity index (χ1v) is 8.32. The first-order chi connectivity index (χ1) is 13.2. The number of fused-ring (bicyclic) bond motifs is 1. The van der Waals surface area contributed by atoms with Gasteiger partial charge in [0.2, 0.25) is 0 Å². The summed E-state index contributed by atoms with van der Waals surface area (Å²) in [6.07, 6.45) is 0. The molecule has 132 valence electrons. The van der Waals surface area contributed by atoms with Crippen LogP contribution in [0.5, 0.6) is 5.75 Å². The van der Waals surface area contributed by atoms with Gasteiger partial charge >= 0.3 is 0 Å². The summed E-state index contributed by atoms with van der Waals surface area (Å²) in [6.45, 7) is 0. The molecule has 0 fully saturated rings. The van der Waals surface area contributed by atoms with Crippen LogP contribution in [0, 0.1) is 10.1 Å². The monoisotopic (exact) mass is 357 g/mol. The van der Waals surface area contributed by atoms with Gasteiger partial charge in [0.25, 0.3) is 5.69 Å². The van der Waals surface area contributed by atoms with E-state index in [1.54, 1.807) is 6.07 Å². The Morgan fingerprint density at radius 1 is 0.852 bits per heavy atom. The van der Waals surface area contributed by atoms with Gasteiger partial charge in [-0.3, -0.25) is 10.1 Å². The maximum absolute atomic E-state index is 11.3. The highest BCUT2D eigenvalue weighted by atomic mass is 16.6. The Hall–Kier alpha value is -3.80. The van der Waals surface area contributed by atoms with Crippen LogP contribution in [0.3, 0.4) is 0 Å². The molecule has 1 aromatic heterocycles. The van der Waals surface area contributed by atoms with Crippen LogP contribution in [0.15, 0.2) is 72.8 Å². The number of non-ortho nitro benzene ring substituents is 1. The molecule has 0 radical (unpaired) electrons. The molecule has 0 amide bonds. The van der Waals surface area contributed by atoms with E-state index in [9.17, 15) is 10.1 Å². The van der Waals surface area contributed by atoms with E-state index in [1.165, 1.54) is 19.2 Å². The molecule has 0 N–H and O–H groups in total. The summed E-state index contributed by atoms with van der Waals surface area (Å²) >= 11 is 0. The third kappa shape index (κ3) is 3.08. The van der Waals surface area contributed by atoms with E-state index in [4.69, 9.17) is 14.7 Å². The van der Waals surface area contributed by atoms with Crippen LogP contribution in [-0.4, -0.2) is 22.0 Å². The van der Waals surface area contributed by atoms with E-state index in [1.807, 2.05) is 54.6 Å². The quantitative estimate of drug-likeness (QED) is 0.384. The van der Waals surface area contributed by atoms with Gasteiger partial charge in [-0.05, 0) is 18.2 Å². The maximum atomic E-state index is 11.3. The first kappa shape index (κ1) is 16.7. The molecule has 0 unspecified atom stereocenters. The lowest BCUT2D eigenvalue weighted by atomic mass is 10.0. The fourth-order valence-electron chi connectivity index (χ4n) is 2.98. The van der Waals surface area contributed by atoms with Crippen molar-refractivity contribution in [1.82, 2.24) is 9.97 Å². The molecule has 0 atom stereocenters. The van der Waals surface area contributed by atoms with Crippen LogP contribution in [-0.2, 0) is 0 Å². The number of nitrogens with zero attached hydrogens (tertiary/aromatic N) is 3. The summed E-state index contributed by atoms with van der Waals surface area (Å²) in [4.78, 5) is 20.4. The molecule has 0 saturated heterocycles. The smallest absolute Gasteiger partial charge is 0.270 e. The molecule has 4 aromatic rings. The second-order valence-electron chi connectivity index (χ2n) is 5.92. The molecule has 3 aromatic carbocycles. The maximum Gasteiger partial charge on any atom is 0.270 e. The summed E-state index contributed by atoms with van der Waals surface area (Å²) in [7, 11) is 1.53. The second-order valence-corrected chi connectivity index (χ2v) is 5.92. The van der Waals surface area contributed by atoms with Crippen LogP contribution >= 0.6 is 0 Å². The topological polar surface area (TPSA) is 78.2 Å². The zero-order valence-electron chi connectivity index (χ0n) is 14.5. The molecule has 4 rings (SSSR count). The van der Waals surface area contributed by atoms with E-state index >= 15 is 0 Å². The van der Waals surface area contributed by atoms with Crippen molar-refractivity contribution in [2.75, 3.05) is 7.11 Å². The van der Waals surface area contributed by atoms with Gasteiger partial charge in [-0.25, -0.2) is 9.97 Å². The van der Waals surface area contributed by atoms with Crippen molar-refractivity contribution in [2.24, 2.45) is 0 Å². The molecule has 6 heteroatoms. The van der Waals surface area contributed by atoms with Gasteiger partial charge in [-0.15, -0.1) is 0 Å². The number of para-hydroxylation sites is 2. The molecule has 0 spiro atoms. The van der Waals surface area contributed by atoms with Gasteiger partial charge in [0, 0.05) is 17.7 Å². The Morgan fingerprint density at radius 3 is 2.11 bits per heavy atom. The Balaban J connectivity index is 2.06. The van der Waals surface area contributed by atoms with Crippen LogP contribution in [0.25, 0.3) is 33.5 Å². The third-order valence-electron chi connectivity index (χ3n) is 4.27. The first-order valence-electron chi connectivity index (χ1n) is 8.32. The predicted molar refractivity (Wildman–Crippen MR) is 104 cm³/mol. The minimum atomic E-state index is -0.431. The Morgan fingerprint density at radius 2 is 1.48 bits per heavy atom. The number of hydrogen-bond donors (Lipinski definition) is 0. The van der Waals surface area contributed by atoms with Crippen LogP contribution < -0.4 is 4.74 Å².